The molecule has 0 aliphatic carbocycles. The van der Waals surface area contributed by atoms with Crippen molar-refractivity contribution in [1.82, 2.24) is 9.97 Å². The maximum Gasteiger partial charge on any atom is 0.129 e. The molecule has 0 aliphatic heterocycles. The van der Waals surface area contributed by atoms with Crippen molar-refractivity contribution in [2.45, 2.75) is 26.8 Å². The van der Waals surface area contributed by atoms with Crippen molar-refractivity contribution in [1.29, 1.82) is 0 Å². The predicted molar refractivity (Wildman–Crippen MR) is 72.9 cm³/mol. The smallest absolute Gasteiger partial charge is 0.129 e. The van der Waals surface area contributed by atoms with Gasteiger partial charge >= 0.3 is 0 Å². The van der Waals surface area contributed by atoms with Crippen LogP contribution in [-0.2, 0) is 0 Å². The van der Waals surface area contributed by atoms with Gasteiger partial charge in [-0.1, -0.05) is 11.6 Å². The van der Waals surface area contributed by atoms with Crippen LogP contribution in [0.3, 0.4) is 0 Å². The van der Waals surface area contributed by atoms with Gasteiger partial charge in [-0.15, -0.1) is 11.3 Å². The van der Waals surface area contributed by atoms with Gasteiger partial charge in [0.25, 0.3) is 0 Å². The van der Waals surface area contributed by atoms with Gasteiger partial charge in [0, 0.05) is 4.88 Å². The summed E-state index contributed by atoms with van der Waals surface area (Å²) in [6.07, 6.45) is 0. The molecule has 0 radical (unpaired) electrons. The molecule has 17 heavy (non-hydrogen) atoms. The van der Waals surface area contributed by atoms with Crippen molar-refractivity contribution >= 4 is 28.6 Å². The summed E-state index contributed by atoms with van der Waals surface area (Å²) in [4.78, 5) is 9.73. The topological polar surface area (TPSA) is 37.8 Å². The molecule has 90 valence electrons. The molecule has 2 aromatic rings. The van der Waals surface area contributed by atoms with Crippen LogP contribution in [-0.4, -0.2) is 9.97 Å². The van der Waals surface area contributed by atoms with Crippen molar-refractivity contribution in [3.63, 3.8) is 0 Å². The minimum atomic E-state index is 0.226. The summed E-state index contributed by atoms with van der Waals surface area (Å²) in [7, 11) is 0. The van der Waals surface area contributed by atoms with Crippen LogP contribution in [0.1, 0.15) is 29.2 Å². The molecule has 0 aliphatic rings. The first-order chi connectivity index (χ1) is 8.08. The fourth-order valence-corrected chi connectivity index (χ4v) is 2.71. The van der Waals surface area contributed by atoms with Gasteiger partial charge in [0.2, 0.25) is 0 Å². The molecule has 1 atom stereocenters. The Kier molecular flexibility index (Phi) is 3.64. The van der Waals surface area contributed by atoms with Gasteiger partial charge in [-0.25, -0.2) is 9.97 Å². The molecule has 1 unspecified atom stereocenters. The van der Waals surface area contributed by atoms with Gasteiger partial charge < -0.3 is 5.32 Å². The average Bonchev–Trinajstić information content (AvgIpc) is 2.68. The standard InChI is InChI=1S/C12H14ClN3S/c1-7-10(4-5-11(13)16-7)15-9(3)12-8(2)14-6-17-12/h4-6,9,15H,1-3H3. The van der Waals surface area contributed by atoms with Crippen molar-refractivity contribution < 1.29 is 0 Å². The van der Waals surface area contributed by atoms with Crippen LogP contribution in [0, 0.1) is 13.8 Å². The Balaban J connectivity index is 2.19. The third-order valence-corrected chi connectivity index (χ3v) is 3.92. The average molecular weight is 268 g/mol. The van der Waals surface area contributed by atoms with Crippen molar-refractivity contribution in [3.8, 4) is 0 Å². The van der Waals surface area contributed by atoms with Crippen LogP contribution in [0.25, 0.3) is 0 Å². The van der Waals surface area contributed by atoms with E-state index < -0.39 is 0 Å². The first-order valence-corrected chi connectivity index (χ1v) is 6.63. The second kappa shape index (κ2) is 5.02. The number of aryl methyl sites for hydroxylation is 2. The molecule has 0 spiro atoms. The Hall–Kier alpha value is -1.13. The number of anilines is 1. The number of thiazole rings is 1. The van der Waals surface area contributed by atoms with E-state index in [4.69, 9.17) is 11.6 Å². The number of nitrogens with zero attached hydrogens (tertiary/aromatic N) is 2. The molecular formula is C12H14ClN3S. The van der Waals surface area contributed by atoms with Crippen LogP contribution in [0.15, 0.2) is 17.6 Å². The Labute approximate surface area is 110 Å². The van der Waals surface area contributed by atoms with E-state index in [1.54, 1.807) is 17.4 Å². The van der Waals surface area contributed by atoms with E-state index in [2.05, 4.69) is 22.2 Å². The van der Waals surface area contributed by atoms with Crippen LogP contribution >= 0.6 is 22.9 Å². The number of pyridine rings is 1. The molecule has 0 saturated heterocycles. The van der Waals surface area contributed by atoms with Crippen molar-refractivity contribution in [2.75, 3.05) is 5.32 Å². The number of aromatic nitrogens is 2. The zero-order chi connectivity index (χ0) is 12.4. The maximum absolute atomic E-state index is 5.83. The predicted octanol–water partition coefficient (Wildman–Crippen LogP) is 3.98. The summed E-state index contributed by atoms with van der Waals surface area (Å²) >= 11 is 7.50. The minimum Gasteiger partial charge on any atom is -0.376 e. The lowest BCUT2D eigenvalue weighted by Gasteiger charge is -2.15. The van der Waals surface area contributed by atoms with E-state index >= 15 is 0 Å². The molecule has 2 heterocycles. The number of nitrogens with one attached hydrogen (secondary N) is 1. The lowest BCUT2D eigenvalue weighted by atomic mass is 10.2. The molecule has 1 N–H and O–H groups in total. The summed E-state index contributed by atoms with van der Waals surface area (Å²) in [6.45, 7) is 6.09. The Morgan fingerprint density at radius 1 is 1.29 bits per heavy atom. The fraction of sp³-hybridized carbons (Fsp3) is 0.333. The second-order valence-corrected chi connectivity index (χ2v) is 5.21. The largest absolute Gasteiger partial charge is 0.376 e. The molecule has 0 saturated carbocycles. The number of hydrogen-bond donors (Lipinski definition) is 1. The van der Waals surface area contributed by atoms with Gasteiger partial charge in [-0.2, -0.15) is 0 Å². The monoisotopic (exact) mass is 267 g/mol. The first-order valence-electron chi connectivity index (χ1n) is 5.37. The summed E-state index contributed by atoms with van der Waals surface area (Å²) < 4.78 is 0. The van der Waals surface area contributed by atoms with Crippen LogP contribution in [0.4, 0.5) is 5.69 Å². The highest BCUT2D eigenvalue weighted by molar-refractivity contribution is 7.09. The first kappa shape index (κ1) is 12.3. The number of hydrogen-bond acceptors (Lipinski definition) is 4. The highest BCUT2D eigenvalue weighted by Gasteiger charge is 2.12. The Morgan fingerprint density at radius 3 is 2.65 bits per heavy atom. The van der Waals surface area contributed by atoms with Gasteiger partial charge in [-0.05, 0) is 32.9 Å². The summed E-state index contributed by atoms with van der Waals surface area (Å²) in [5, 5.41) is 3.95. The van der Waals surface area contributed by atoms with E-state index in [-0.39, 0.29) is 6.04 Å². The SMILES string of the molecule is Cc1nc(Cl)ccc1NC(C)c1scnc1C. The van der Waals surface area contributed by atoms with Crippen molar-refractivity contribution in [3.05, 3.63) is 39.1 Å². The lowest BCUT2D eigenvalue weighted by Crippen LogP contribution is -2.08. The van der Waals surface area contributed by atoms with Crippen LogP contribution in [0.2, 0.25) is 5.15 Å². The van der Waals surface area contributed by atoms with Gasteiger partial charge in [-0.3, -0.25) is 0 Å². The summed E-state index contributed by atoms with van der Waals surface area (Å²) in [5.74, 6) is 0. The highest BCUT2D eigenvalue weighted by atomic mass is 35.5. The second-order valence-electron chi connectivity index (χ2n) is 3.93. The fourth-order valence-electron chi connectivity index (χ4n) is 1.71. The van der Waals surface area contributed by atoms with E-state index in [0.717, 1.165) is 17.1 Å². The molecule has 0 bridgehead atoms. The summed E-state index contributed by atoms with van der Waals surface area (Å²) in [6, 6.07) is 3.98. The normalized spacial score (nSPS) is 12.5. The summed E-state index contributed by atoms with van der Waals surface area (Å²) in [5.41, 5.74) is 4.87. The minimum absolute atomic E-state index is 0.226. The van der Waals surface area contributed by atoms with E-state index in [9.17, 15) is 0 Å². The highest BCUT2D eigenvalue weighted by Crippen LogP contribution is 2.26. The number of rotatable bonds is 3. The Morgan fingerprint density at radius 2 is 2.06 bits per heavy atom. The molecule has 2 rings (SSSR count). The third-order valence-electron chi connectivity index (χ3n) is 2.60. The molecular weight excluding hydrogens is 254 g/mol. The van der Waals surface area contributed by atoms with Gasteiger partial charge in [0.1, 0.15) is 5.15 Å². The third kappa shape index (κ3) is 2.76. The van der Waals surface area contributed by atoms with Gasteiger partial charge in [0.15, 0.2) is 0 Å². The lowest BCUT2D eigenvalue weighted by molar-refractivity contribution is 0.885. The molecule has 0 aromatic carbocycles. The van der Waals surface area contributed by atoms with E-state index in [1.165, 1.54) is 4.88 Å². The van der Waals surface area contributed by atoms with E-state index in [1.807, 2.05) is 25.4 Å². The molecule has 2 aromatic heterocycles. The number of halogens is 1. The molecule has 3 nitrogen and oxygen atoms in total. The zero-order valence-corrected chi connectivity index (χ0v) is 11.6. The Bertz CT molecular complexity index is 524. The van der Waals surface area contributed by atoms with Crippen LogP contribution in [0.5, 0.6) is 0 Å². The van der Waals surface area contributed by atoms with Gasteiger partial charge in [0.05, 0.1) is 28.6 Å². The molecule has 5 heteroatoms. The van der Waals surface area contributed by atoms with E-state index in [0.29, 0.717) is 5.15 Å². The maximum atomic E-state index is 5.83. The molecule has 0 fully saturated rings. The van der Waals surface area contributed by atoms with Crippen LogP contribution < -0.4 is 5.32 Å². The quantitative estimate of drug-likeness (QED) is 0.855. The van der Waals surface area contributed by atoms with Crippen molar-refractivity contribution in [2.24, 2.45) is 0 Å². The molecule has 0 amide bonds. The zero-order valence-electron chi connectivity index (χ0n) is 9.99.